The van der Waals surface area contributed by atoms with Gasteiger partial charge >= 0.3 is 0 Å². The van der Waals surface area contributed by atoms with Crippen LogP contribution in [0.25, 0.3) is 32.5 Å². The van der Waals surface area contributed by atoms with E-state index in [0.29, 0.717) is 28.1 Å². The maximum absolute atomic E-state index is 15.5. The van der Waals surface area contributed by atoms with Crippen molar-refractivity contribution in [2.45, 2.75) is 77.6 Å². The number of hydrogen-bond donors (Lipinski definition) is 5. The van der Waals surface area contributed by atoms with E-state index < -0.39 is 87.1 Å². The minimum atomic E-state index is -3.73. The molecule has 0 unspecified atom stereocenters. The Morgan fingerprint density at radius 3 is 2.43 bits per heavy atom. The lowest BCUT2D eigenvalue weighted by atomic mass is 9.85. The summed E-state index contributed by atoms with van der Waals surface area (Å²) in [6.45, 7) is 8.40. The Labute approximate surface area is 435 Å². The predicted octanol–water partition coefficient (Wildman–Crippen LogP) is 4.97. The highest BCUT2D eigenvalue weighted by Crippen LogP contribution is 2.45. The zero-order valence-corrected chi connectivity index (χ0v) is 44.1. The van der Waals surface area contributed by atoms with Gasteiger partial charge in [0.1, 0.15) is 30.0 Å². The number of halogens is 2. The number of fused-ring (bicyclic) bond motifs is 2. The van der Waals surface area contributed by atoms with Gasteiger partial charge in [0.05, 0.1) is 72.2 Å². The number of aromatic amines is 1. The zero-order valence-electron chi connectivity index (χ0n) is 42.5. The van der Waals surface area contributed by atoms with Gasteiger partial charge in [-0.2, -0.15) is 0 Å². The number of ether oxygens (including phenoxy) is 2. The number of aliphatic hydroxyl groups excluding tert-OH is 1. The summed E-state index contributed by atoms with van der Waals surface area (Å²) in [6, 6.07) is 8.95. The molecule has 4 amide bonds. The Balaban J connectivity index is 0.860. The number of pyridine rings is 2. The SMILES string of the molecule is Cc1ncsc1-c1ccc([C@H](C)NC(=O)[C@@H]2C[C@@H](O)CN2C(=O)[C@@H](NC(=O)COCCOCCNC(=O)c2cc3c(cc2CS(C)(=O)=O)-c2cn(C)c(=O)c4[nH]cc(c24)CN3c2ncc(F)cc2F)C(C)(C)C)cc1. The number of aliphatic hydroxyl groups is 1. The van der Waals surface area contributed by atoms with Crippen molar-refractivity contribution in [1.82, 2.24) is 40.4 Å². The van der Waals surface area contributed by atoms with Crippen LogP contribution in [0.15, 0.2) is 71.4 Å². The minimum absolute atomic E-state index is 0.000431. The molecule has 0 radical (unpaired) electrons. The number of rotatable bonds is 18. The Kier molecular flexibility index (Phi) is 16.0. The fourth-order valence-electron chi connectivity index (χ4n) is 9.43. The lowest BCUT2D eigenvalue weighted by molar-refractivity contribution is -0.144. The van der Waals surface area contributed by atoms with Crippen LogP contribution in [-0.4, -0.2) is 126 Å². The van der Waals surface area contributed by atoms with Gasteiger partial charge in [-0.15, -0.1) is 11.3 Å². The van der Waals surface area contributed by atoms with E-state index in [1.165, 1.54) is 26.5 Å². The highest BCUT2D eigenvalue weighted by molar-refractivity contribution is 7.89. The van der Waals surface area contributed by atoms with E-state index in [1.54, 1.807) is 57.1 Å². The van der Waals surface area contributed by atoms with Crippen LogP contribution in [-0.2, 0) is 53.0 Å². The number of hydrogen-bond acceptors (Lipinski definition) is 14. The lowest BCUT2D eigenvalue weighted by Crippen LogP contribution is -2.58. The Morgan fingerprint density at radius 2 is 1.75 bits per heavy atom. The van der Waals surface area contributed by atoms with Crippen molar-refractivity contribution in [3.63, 3.8) is 0 Å². The van der Waals surface area contributed by atoms with Crippen LogP contribution in [0.5, 0.6) is 0 Å². The topological polar surface area (TPSA) is 247 Å². The number of nitrogens with one attached hydrogen (secondary N) is 4. The van der Waals surface area contributed by atoms with Gasteiger partial charge in [0, 0.05) is 73.4 Å². The smallest absolute Gasteiger partial charge is 0.274 e. The van der Waals surface area contributed by atoms with Crippen molar-refractivity contribution >= 4 is 67.2 Å². The Bertz CT molecular complexity index is 3340. The van der Waals surface area contributed by atoms with Gasteiger partial charge in [0.25, 0.3) is 11.5 Å². The molecule has 4 aromatic heterocycles. The third-order valence-corrected chi connectivity index (χ3v) is 14.9. The third kappa shape index (κ3) is 12.1. The second kappa shape index (κ2) is 22.1. The standard InChI is InChI=1S/C52H59F2N9O10S2/c1-28(30-8-10-31(11-9-30)45-29(2)58-27-74-45)59-49(67)41-18-35(64)23-63(41)51(69)46(52(3,4)5)60-42(65)25-73-15-14-72-13-12-55-48(66)36-19-40-37(16-32(36)26-75(7,70)71)38-24-61(6)50(68)44-43(38)33(20-56-44)22-62(40)47-39(54)17-34(53)21-57-47/h8-11,16-17,19-21,24,27-28,35,41,46,56,64H,12-15,18,22-23,25-26H2,1-7H3,(H,55,66)(H,59,67)(H,60,65)/t28-,35+,41-,46+/m0/s1. The molecule has 2 aliphatic heterocycles. The number of likely N-dealkylation sites (tertiary alicyclic amines) is 1. The molecule has 2 aromatic carbocycles. The summed E-state index contributed by atoms with van der Waals surface area (Å²) in [5, 5.41) is 19.7. The Morgan fingerprint density at radius 1 is 1.01 bits per heavy atom. The van der Waals surface area contributed by atoms with Crippen molar-refractivity contribution in [3.8, 4) is 21.6 Å². The van der Waals surface area contributed by atoms with Crippen molar-refractivity contribution in [3.05, 3.63) is 117 Å². The predicted molar refractivity (Wildman–Crippen MR) is 278 cm³/mol. The fraction of sp³-hybridized carbons (Fsp3) is 0.404. The highest BCUT2D eigenvalue weighted by atomic mass is 32.2. The van der Waals surface area contributed by atoms with Crippen molar-refractivity contribution in [2.24, 2.45) is 12.5 Å². The average molecular weight is 1070 g/mol. The highest BCUT2D eigenvalue weighted by Gasteiger charge is 2.45. The summed E-state index contributed by atoms with van der Waals surface area (Å²) in [5.41, 5.74) is 5.48. The van der Waals surface area contributed by atoms with Gasteiger partial charge in [0.2, 0.25) is 17.7 Å². The maximum atomic E-state index is 15.5. The molecule has 8 rings (SSSR count). The van der Waals surface area contributed by atoms with Gasteiger partial charge in [-0.05, 0) is 53.6 Å². The summed E-state index contributed by atoms with van der Waals surface area (Å²) >= 11 is 1.54. The number of aromatic nitrogens is 4. The van der Waals surface area contributed by atoms with Crippen LogP contribution in [0.1, 0.15) is 72.9 Å². The first-order chi connectivity index (χ1) is 35.5. The van der Waals surface area contributed by atoms with E-state index in [0.717, 1.165) is 34.2 Å². The first-order valence-corrected chi connectivity index (χ1v) is 27.1. The second-order valence-electron chi connectivity index (χ2n) is 20.0. The van der Waals surface area contributed by atoms with Crippen LogP contribution < -0.4 is 26.4 Å². The monoisotopic (exact) mass is 1070 g/mol. The first kappa shape index (κ1) is 54.3. The van der Waals surface area contributed by atoms with E-state index in [-0.39, 0.29) is 79.6 Å². The van der Waals surface area contributed by atoms with Gasteiger partial charge < -0.3 is 49.9 Å². The molecule has 19 nitrogen and oxygen atoms in total. The molecular formula is C52H59F2N9O10S2. The molecule has 0 saturated carbocycles. The number of amides is 4. The molecular weight excluding hydrogens is 1010 g/mol. The Hall–Kier alpha value is -6.92. The fourth-order valence-corrected chi connectivity index (χ4v) is 11.0. The number of thiazole rings is 1. The van der Waals surface area contributed by atoms with Gasteiger partial charge in [0.15, 0.2) is 21.5 Å². The summed E-state index contributed by atoms with van der Waals surface area (Å²) in [6.07, 6.45) is 4.13. The van der Waals surface area contributed by atoms with Crippen molar-refractivity contribution < 1.29 is 51.0 Å². The molecule has 6 heterocycles. The second-order valence-corrected chi connectivity index (χ2v) is 23.0. The zero-order chi connectivity index (χ0) is 54.1. The first-order valence-electron chi connectivity index (χ1n) is 24.1. The number of β-amino-alcohol motifs (C(OH)–C–C–N with tert-alkyl or cyclic N) is 1. The molecule has 75 heavy (non-hydrogen) atoms. The largest absolute Gasteiger partial charge is 0.391 e. The summed E-state index contributed by atoms with van der Waals surface area (Å²) in [7, 11) is -2.18. The molecule has 6 aromatic rings. The quantitative estimate of drug-likeness (QED) is 0.0715. The molecule has 0 bridgehead atoms. The van der Waals surface area contributed by atoms with Crippen LogP contribution in [0.3, 0.4) is 0 Å². The number of carbonyl (C=O) groups excluding carboxylic acids is 4. The van der Waals surface area contributed by atoms with E-state index in [2.05, 4.69) is 30.9 Å². The lowest BCUT2D eigenvalue weighted by Gasteiger charge is -2.35. The molecule has 4 atom stereocenters. The number of aryl methyl sites for hydroxylation is 2. The van der Waals surface area contributed by atoms with Crippen molar-refractivity contribution in [2.75, 3.05) is 50.7 Å². The number of nitrogens with zero attached hydrogens (tertiary/aromatic N) is 5. The number of anilines is 2. The third-order valence-electron chi connectivity index (χ3n) is 13.1. The van der Waals surface area contributed by atoms with Crippen LogP contribution >= 0.6 is 11.3 Å². The van der Waals surface area contributed by atoms with Crippen molar-refractivity contribution in [1.29, 1.82) is 0 Å². The number of carbonyl (C=O) groups is 4. The number of benzene rings is 2. The van der Waals surface area contributed by atoms with Gasteiger partial charge in [-0.25, -0.2) is 27.2 Å². The minimum Gasteiger partial charge on any atom is -0.391 e. The van der Waals surface area contributed by atoms with Crippen LogP contribution in [0.2, 0.25) is 0 Å². The van der Waals surface area contributed by atoms with Crippen LogP contribution in [0.4, 0.5) is 20.3 Å². The molecule has 0 spiro atoms. The maximum Gasteiger partial charge on any atom is 0.274 e. The molecule has 1 fully saturated rings. The van der Waals surface area contributed by atoms with E-state index >= 15 is 4.39 Å². The normalized spacial score (nSPS) is 16.3. The van der Waals surface area contributed by atoms with E-state index in [9.17, 15) is 41.9 Å². The van der Waals surface area contributed by atoms with E-state index in [1.807, 2.05) is 38.1 Å². The molecule has 2 aliphatic rings. The van der Waals surface area contributed by atoms with Gasteiger partial charge in [-0.3, -0.25) is 24.0 Å². The number of sulfone groups is 1. The molecule has 23 heteroatoms. The summed E-state index contributed by atoms with van der Waals surface area (Å²) in [5.74, 6) is -4.95. The molecule has 1 saturated heterocycles. The van der Waals surface area contributed by atoms with Gasteiger partial charge in [-0.1, -0.05) is 45.0 Å². The molecule has 398 valence electrons. The summed E-state index contributed by atoms with van der Waals surface area (Å²) in [4.78, 5) is 83.3. The molecule has 5 N–H and O–H groups in total. The summed E-state index contributed by atoms with van der Waals surface area (Å²) < 4.78 is 67.8. The van der Waals surface area contributed by atoms with E-state index in [4.69, 9.17) is 9.47 Å². The molecule has 0 aliphatic carbocycles. The van der Waals surface area contributed by atoms with Crippen LogP contribution in [0, 0.1) is 24.0 Å². The average Bonchev–Trinajstić information content (AvgIpc) is 4.07. The number of H-pyrrole nitrogens is 1.